The van der Waals surface area contributed by atoms with Crippen LogP contribution in [-0.2, 0) is 16.2 Å². The fourth-order valence-corrected chi connectivity index (χ4v) is 3.79. The number of hydrogen-bond acceptors (Lipinski definition) is 5. The van der Waals surface area contributed by atoms with Crippen molar-refractivity contribution in [2.45, 2.75) is 6.18 Å². The predicted molar refractivity (Wildman–Crippen MR) is 95.2 cm³/mol. The SMILES string of the molecule is O=S(=O)(/C=C/c1ccccc1)N1CCN(c2nccc(C(F)(F)F)n2)CC1. The van der Waals surface area contributed by atoms with E-state index >= 15 is 0 Å². The number of piperazine rings is 1. The minimum Gasteiger partial charge on any atom is -0.338 e. The molecule has 0 spiro atoms. The normalized spacial score (nSPS) is 16.8. The predicted octanol–water partition coefficient (Wildman–Crippen LogP) is 2.62. The summed E-state index contributed by atoms with van der Waals surface area (Å²) in [5, 5.41) is 1.14. The van der Waals surface area contributed by atoms with Crippen LogP contribution in [0.3, 0.4) is 0 Å². The monoisotopic (exact) mass is 398 g/mol. The molecule has 0 amide bonds. The van der Waals surface area contributed by atoms with E-state index in [2.05, 4.69) is 9.97 Å². The zero-order valence-corrected chi connectivity index (χ0v) is 15.0. The first kappa shape index (κ1) is 19.3. The van der Waals surface area contributed by atoms with Gasteiger partial charge < -0.3 is 4.90 Å². The minimum atomic E-state index is -4.55. The maximum atomic E-state index is 12.8. The van der Waals surface area contributed by atoms with Gasteiger partial charge in [-0.25, -0.2) is 18.4 Å². The molecule has 2 heterocycles. The van der Waals surface area contributed by atoms with Gasteiger partial charge in [-0.3, -0.25) is 0 Å². The molecule has 1 aliphatic rings. The van der Waals surface area contributed by atoms with Crippen LogP contribution in [-0.4, -0.2) is 48.9 Å². The van der Waals surface area contributed by atoms with Gasteiger partial charge in [0.05, 0.1) is 0 Å². The molecular formula is C17H17F3N4O2S. The lowest BCUT2D eigenvalue weighted by Crippen LogP contribution is -2.48. The Balaban J connectivity index is 1.66. The van der Waals surface area contributed by atoms with Gasteiger partial charge in [-0.2, -0.15) is 17.5 Å². The number of halogens is 3. The second kappa shape index (κ2) is 7.65. The van der Waals surface area contributed by atoms with Crippen LogP contribution in [0.5, 0.6) is 0 Å². The third-order valence-electron chi connectivity index (χ3n) is 4.05. The number of aromatic nitrogens is 2. The van der Waals surface area contributed by atoms with E-state index in [1.165, 1.54) is 10.4 Å². The first-order valence-electron chi connectivity index (χ1n) is 8.14. The summed E-state index contributed by atoms with van der Waals surface area (Å²) in [6, 6.07) is 9.82. The maximum Gasteiger partial charge on any atom is 0.433 e. The molecular weight excluding hydrogens is 381 g/mol. The molecule has 0 aliphatic carbocycles. The van der Waals surface area contributed by atoms with E-state index in [-0.39, 0.29) is 32.1 Å². The molecule has 0 N–H and O–H groups in total. The summed E-state index contributed by atoms with van der Waals surface area (Å²) in [6.45, 7) is 0.696. The molecule has 0 unspecified atom stereocenters. The van der Waals surface area contributed by atoms with E-state index in [9.17, 15) is 21.6 Å². The Kier molecular flexibility index (Phi) is 5.47. The van der Waals surface area contributed by atoms with Crippen molar-refractivity contribution in [2.75, 3.05) is 31.1 Å². The minimum absolute atomic E-state index is 0.0540. The maximum absolute atomic E-state index is 12.8. The average molecular weight is 398 g/mol. The molecule has 6 nitrogen and oxygen atoms in total. The van der Waals surface area contributed by atoms with Crippen LogP contribution in [0.25, 0.3) is 6.08 Å². The molecule has 1 saturated heterocycles. The van der Waals surface area contributed by atoms with Gasteiger partial charge in [0, 0.05) is 37.8 Å². The highest BCUT2D eigenvalue weighted by atomic mass is 32.2. The Morgan fingerprint density at radius 3 is 2.30 bits per heavy atom. The van der Waals surface area contributed by atoms with Crippen molar-refractivity contribution >= 4 is 22.0 Å². The number of alkyl halides is 3. The van der Waals surface area contributed by atoms with E-state index in [4.69, 9.17) is 0 Å². The lowest BCUT2D eigenvalue weighted by Gasteiger charge is -2.33. The Morgan fingerprint density at radius 2 is 1.67 bits per heavy atom. The van der Waals surface area contributed by atoms with Crippen molar-refractivity contribution in [2.24, 2.45) is 0 Å². The molecule has 2 aromatic rings. The number of sulfonamides is 1. The van der Waals surface area contributed by atoms with Crippen molar-refractivity contribution in [1.82, 2.24) is 14.3 Å². The fraction of sp³-hybridized carbons (Fsp3) is 0.294. The van der Waals surface area contributed by atoms with E-state index in [0.29, 0.717) is 0 Å². The molecule has 0 bridgehead atoms. The first-order chi connectivity index (χ1) is 12.8. The van der Waals surface area contributed by atoms with Gasteiger partial charge in [-0.15, -0.1) is 0 Å². The summed E-state index contributed by atoms with van der Waals surface area (Å²) in [5.74, 6) is -0.0540. The second-order valence-electron chi connectivity index (χ2n) is 5.88. The van der Waals surface area contributed by atoms with Crippen LogP contribution in [0, 0.1) is 0 Å². The first-order valence-corrected chi connectivity index (χ1v) is 9.64. The van der Waals surface area contributed by atoms with Crippen LogP contribution < -0.4 is 4.90 Å². The summed E-state index contributed by atoms with van der Waals surface area (Å²) >= 11 is 0. The smallest absolute Gasteiger partial charge is 0.338 e. The van der Waals surface area contributed by atoms with Gasteiger partial charge >= 0.3 is 6.18 Å². The summed E-state index contributed by atoms with van der Waals surface area (Å²) < 4.78 is 64.5. The Hall–Kier alpha value is -2.46. The molecule has 1 fully saturated rings. The zero-order chi connectivity index (χ0) is 19.5. The topological polar surface area (TPSA) is 66.4 Å². The Bertz CT molecular complexity index is 909. The molecule has 10 heteroatoms. The molecule has 0 radical (unpaired) electrons. The molecule has 0 atom stereocenters. The summed E-state index contributed by atoms with van der Waals surface area (Å²) in [4.78, 5) is 8.96. The van der Waals surface area contributed by atoms with E-state index in [0.717, 1.165) is 23.2 Å². The fourth-order valence-electron chi connectivity index (χ4n) is 2.62. The lowest BCUT2D eigenvalue weighted by molar-refractivity contribution is -0.141. The zero-order valence-electron chi connectivity index (χ0n) is 14.2. The molecule has 3 rings (SSSR count). The van der Waals surface area contributed by atoms with E-state index in [1.54, 1.807) is 29.2 Å². The summed E-state index contributed by atoms with van der Waals surface area (Å²) in [7, 11) is -3.61. The Morgan fingerprint density at radius 1 is 1.00 bits per heavy atom. The lowest BCUT2D eigenvalue weighted by atomic mass is 10.2. The Labute approximate surface area is 155 Å². The third kappa shape index (κ3) is 4.83. The van der Waals surface area contributed by atoms with Gasteiger partial charge in [0.15, 0.2) is 0 Å². The highest BCUT2D eigenvalue weighted by molar-refractivity contribution is 7.92. The number of nitrogens with zero attached hydrogens (tertiary/aromatic N) is 4. The van der Waals surface area contributed by atoms with Crippen molar-refractivity contribution in [3.63, 3.8) is 0 Å². The largest absolute Gasteiger partial charge is 0.433 e. The molecule has 1 aromatic heterocycles. The molecule has 144 valence electrons. The van der Waals surface area contributed by atoms with E-state index in [1.807, 2.05) is 6.07 Å². The average Bonchev–Trinajstić information content (AvgIpc) is 2.67. The highest BCUT2D eigenvalue weighted by Gasteiger charge is 2.34. The van der Waals surface area contributed by atoms with E-state index < -0.39 is 21.9 Å². The van der Waals surface area contributed by atoms with Crippen molar-refractivity contribution < 1.29 is 21.6 Å². The number of rotatable bonds is 4. The van der Waals surface area contributed by atoms with Crippen molar-refractivity contribution in [3.05, 3.63) is 59.3 Å². The van der Waals surface area contributed by atoms with Gasteiger partial charge in [0.25, 0.3) is 0 Å². The quantitative estimate of drug-likeness (QED) is 0.792. The number of hydrogen-bond donors (Lipinski definition) is 0. The van der Waals surface area contributed by atoms with Gasteiger partial charge in [0.2, 0.25) is 16.0 Å². The third-order valence-corrected chi connectivity index (χ3v) is 5.61. The number of benzene rings is 1. The van der Waals surface area contributed by atoms with Crippen LogP contribution in [0.2, 0.25) is 0 Å². The van der Waals surface area contributed by atoms with Crippen LogP contribution in [0.15, 0.2) is 48.0 Å². The molecule has 1 aromatic carbocycles. The molecule has 27 heavy (non-hydrogen) atoms. The number of anilines is 1. The van der Waals surface area contributed by atoms with Crippen LogP contribution in [0.1, 0.15) is 11.3 Å². The summed E-state index contributed by atoms with van der Waals surface area (Å²) in [5.41, 5.74) is -0.259. The molecule has 1 aliphatic heterocycles. The summed E-state index contributed by atoms with van der Waals surface area (Å²) in [6.07, 6.45) is -1.99. The highest BCUT2D eigenvalue weighted by Crippen LogP contribution is 2.28. The van der Waals surface area contributed by atoms with Gasteiger partial charge in [0.1, 0.15) is 5.69 Å². The standard InChI is InChI=1S/C17H17F3N4O2S/c18-17(19,20)15-6-8-21-16(22-15)23-9-11-24(12-10-23)27(25,26)13-7-14-4-2-1-3-5-14/h1-8,13H,9-12H2/b13-7+. The van der Waals surface area contributed by atoms with Crippen molar-refractivity contribution in [3.8, 4) is 0 Å². The van der Waals surface area contributed by atoms with Gasteiger partial charge in [-0.05, 0) is 17.7 Å². The molecule has 0 saturated carbocycles. The van der Waals surface area contributed by atoms with Gasteiger partial charge in [-0.1, -0.05) is 30.3 Å². The van der Waals surface area contributed by atoms with Crippen molar-refractivity contribution in [1.29, 1.82) is 0 Å². The second-order valence-corrected chi connectivity index (χ2v) is 7.70. The van der Waals surface area contributed by atoms with Crippen LogP contribution in [0.4, 0.5) is 19.1 Å². The van der Waals surface area contributed by atoms with Crippen LogP contribution >= 0.6 is 0 Å².